The summed E-state index contributed by atoms with van der Waals surface area (Å²) in [7, 11) is 0. The molecule has 5 nitrogen and oxygen atoms in total. The van der Waals surface area contributed by atoms with Gasteiger partial charge in [0.1, 0.15) is 6.10 Å². The van der Waals surface area contributed by atoms with Crippen LogP contribution in [0.4, 0.5) is 4.79 Å². The summed E-state index contributed by atoms with van der Waals surface area (Å²) in [6.45, 7) is 0.542. The number of rotatable bonds is 2. The molecule has 1 saturated carbocycles. The number of ether oxygens (including phenoxy) is 2. The zero-order valence-corrected chi connectivity index (χ0v) is 7.23. The zero-order valence-electron chi connectivity index (χ0n) is 7.23. The standard InChI is InChI=1S/C8H13NO4/c10-6-3-12-4-7(6)13-8(11)9-5-1-2-5/h5-7,10H,1-4H2,(H,9,11)/t6-,7-/m1/s1. The molecular weight excluding hydrogens is 174 g/mol. The van der Waals surface area contributed by atoms with Crippen LogP contribution in [-0.4, -0.2) is 42.7 Å². The summed E-state index contributed by atoms with van der Waals surface area (Å²) in [5.74, 6) is 0. The minimum Gasteiger partial charge on any atom is -0.441 e. The Kier molecular flexibility index (Phi) is 2.37. The van der Waals surface area contributed by atoms with Gasteiger partial charge in [-0.05, 0) is 12.8 Å². The average molecular weight is 187 g/mol. The third kappa shape index (κ3) is 2.32. The summed E-state index contributed by atoms with van der Waals surface area (Å²) in [6.07, 6.45) is 0.429. The van der Waals surface area contributed by atoms with E-state index < -0.39 is 18.3 Å². The molecule has 2 N–H and O–H groups in total. The number of alkyl carbamates (subject to hydrolysis) is 1. The van der Waals surface area contributed by atoms with E-state index in [0.717, 1.165) is 12.8 Å². The van der Waals surface area contributed by atoms with Crippen molar-refractivity contribution in [2.45, 2.75) is 31.1 Å². The normalized spacial score (nSPS) is 33.0. The van der Waals surface area contributed by atoms with E-state index in [0.29, 0.717) is 6.61 Å². The molecule has 1 saturated heterocycles. The minimum absolute atomic E-state index is 0.251. The van der Waals surface area contributed by atoms with Crippen molar-refractivity contribution in [3.63, 3.8) is 0 Å². The number of carbonyl (C=O) groups excluding carboxylic acids is 1. The Balaban J connectivity index is 1.72. The Bertz CT molecular complexity index is 204. The lowest BCUT2D eigenvalue weighted by Gasteiger charge is -2.13. The molecule has 0 aromatic carbocycles. The summed E-state index contributed by atoms with van der Waals surface area (Å²) in [5.41, 5.74) is 0. The summed E-state index contributed by atoms with van der Waals surface area (Å²) in [4.78, 5) is 11.1. The molecule has 13 heavy (non-hydrogen) atoms. The molecule has 5 heteroatoms. The van der Waals surface area contributed by atoms with Gasteiger partial charge in [-0.3, -0.25) is 0 Å². The van der Waals surface area contributed by atoms with Crippen LogP contribution >= 0.6 is 0 Å². The second-order valence-corrected chi connectivity index (χ2v) is 3.47. The van der Waals surface area contributed by atoms with Crippen LogP contribution in [0.25, 0.3) is 0 Å². The maximum absolute atomic E-state index is 11.1. The zero-order chi connectivity index (χ0) is 9.26. The first-order valence-electron chi connectivity index (χ1n) is 4.48. The average Bonchev–Trinajstić information content (AvgIpc) is 2.79. The van der Waals surface area contributed by atoms with Gasteiger partial charge in [-0.15, -0.1) is 0 Å². The fourth-order valence-corrected chi connectivity index (χ4v) is 1.20. The predicted molar refractivity (Wildman–Crippen MR) is 43.3 cm³/mol. The Morgan fingerprint density at radius 2 is 2.23 bits per heavy atom. The van der Waals surface area contributed by atoms with E-state index in [-0.39, 0.29) is 12.6 Å². The molecule has 2 rings (SSSR count). The van der Waals surface area contributed by atoms with Crippen molar-refractivity contribution in [2.24, 2.45) is 0 Å². The van der Waals surface area contributed by atoms with E-state index in [1.165, 1.54) is 0 Å². The van der Waals surface area contributed by atoms with Gasteiger partial charge in [0.2, 0.25) is 0 Å². The first-order valence-corrected chi connectivity index (χ1v) is 4.48. The quantitative estimate of drug-likeness (QED) is 0.619. The number of amides is 1. The molecule has 1 amide bonds. The third-order valence-corrected chi connectivity index (χ3v) is 2.16. The molecular formula is C8H13NO4. The van der Waals surface area contributed by atoms with E-state index >= 15 is 0 Å². The van der Waals surface area contributed by atoms with Crippen molar-refractivity contribution < 1.29 is 19.4 Å². The van der Waals surface area contributed by atoms with Gasteiger partial charge in [0, 0.05) is 6.04 Å². The van der Waals surface area contributed by atoms with Gasteiger partial charge >= 0.3 is 6.09 Å². The Hall–Kier alpha value is -0.810. The second kappa shape index (κ2) is 3.51. The first-order chi connectivity index (χ1) is 6.25. The summed E-state index contributed by atoms with van der Waals surface area (Å²) >= 11 is 0. The van der Waals surface area contributed by atoms with E-state index in [2.05, 4.69) is 5.32 Å². The molecule has 1 aliphatic carbocycles. The highest BCUT2D eigenvalue weighted by Crippen LogP contribution is 2.19. The number of carbonyl (C=O) groups is 1. The Morgan fingerprint density at radius 3 is 2.77 bits per heavy atom. The Labute approximate surface area is 76.0 Å². The van der Waals surface area contributed by atoms with Crippen molar-refractivity contribution in [1.82, 2.24) is 5.32 Å². The SMILES string of the molecule is O=C(NC1CC1)O[C@@H]1COC[C@H]1O. The largest absolute Gasteiger partial charge is 0.441 e. The van der Waals surface area contributed by atoms with Crippen molar-refractivity contribution in [2.75, 3.05) is 13.2 Å². The fraction of sp³-hybridized carbons (Fsp3) is 0.875. The number of hydrogen-bond donors (Lipinski definition) is 2. The van der Waals surface area contributed by atoms with Crippen molar-refractivity contribution in [1.29, 1.82) is 0 Å². The lowest BCUT2D eigenvalue weighted by atomic mass is 10.3. The maximum Gasteiger partial charge on any atom is 0.407 e. The van der Waals surface area contributed by atoms with E-state index in [9.17, 15) is 9.90 Å². The van der Waals surface area contributed by atoms with Gasteiger partial charge in [-0.25, -0.2) is 4.79 Å². The molecule has 0 radical (unpaired) electrons. The molecule has 0 unspecified atom stereocenters. The van der Waals surface area contributed by atoms with Crippen LogP contribution in [-0.2, 0) is 9.47 Å². The predicted octanol–water partition coefficient (Wildman–Crippen LogP) is -0.365. The summed E-state index contributed by atoms with van der Waals surface area (Å²) in [6, 6.07) is 0.284. The minimum atomic E-state index is -0.676. The van der Waals surface area contributed by atoms with Crippen LogP contribution in [0.15, 0.2) is 0 Å². The summed E-state index contributed by atoms with van der Waals surface area (Å²) < 4.78 is 9.89. The van der Waals surface area contributed by atoms with Crippen LogP contribution in [0, 0.1) is 0 Å². The smallest absolute Gasteiger partial charge is 0.407 e. The van der Waals surface area contributed by atoms with E-state index in [4.69, 9.17) is 9.47 Å². The summed E-state index contributed by atoms with van der Waals surface area (Å²) in [5, 5.41) is 11.9. The highest BCUT2D eigenvalue weighted by molar-refractivity contribution is 5.68. The van der Waals surface area contributed by atoms with Crippen LogP contribution in [0.3, 0.4) is 0 Å². The Morgan fingerprint density at radius 1 is 1.46 bits per heavy atom. The molecule has 1 aliphatic heterocycles. The highest BCUT2D eigenvalue weighted by Gasteiger charge is 2.31. The lowest BCUT2D eigenvalue weighted by Crippen LogP contribution is -2.35. The van der Waals surface area contributed by atoms with Gasteiger partial charge in [-0.2, -0.15) is 0 Å². The van der Waals surface area contributed by atoms with E-state index in [1.807, 2.05) is 0 Å². The lowest BCUT2D eigenvalue weighted by molar-refractivity contribution is 0.0324. The molecule has 1 heterocycles. The number of aliphatic hydroxyl groups is 1. The van der Waals surface area contributed by atoms with Gasteiger partial charge in [0.05, 0.1) is 13.2 Å². The number of nitrogens with one attached hydrogen (secondary N) is 1. The van der Waals surface area contributed by atoms with Crippen molar-refractivity contribution in [3.05, 3.63) is 0 Å². The van der Waals surface area contributed by atoms with Gasteiger partial charge in [0.25, 0.3) is 0 Å². The van der Waals surface area contributed by atoms with Crippen molar-refractivity contribution >= 4 is 6.09 Å². The third-order valence-electron chi connectivity index (χ3n) is 2.16. The van der Waals surface area contributed by atoms with Crippen LogP contribution in [0.2, 0.25) is 0 Å². The van der Waals surface area contributed by atoms with Gasteiger partial charge in [0.15, 0.2) is 6.10 Å². The molecule has 2 aliphatic rings. The number of hydrogen-bond acceptors (Lipinski definition) is 4. The first kappa shape index (κ1) is 8.77. The van der Waals surface area contributed by atoms with Gasteiger partial charge in [-0.1, -0.05) is 0 Å². The van der Waals surface area contributed by atoms with Gasteiger partial charge < -0.3 is 19.9 Å². The second-order valence-electron chi connectivity index (χ2n) is 3.47. The molecule has 0 aromatic heterocycles. The molecule has 0 aromatic rings. The molecule has 74 valence electrons. The molecule has 0 spiro atoms. The molecule has 2 fully saturated rings. The maximum atomic E-state index is 11.1. The fourth-order valence-electron chi connectivity index (χ4n) is 1.20. The van der Waals surface area contributed by atoms with Crippen LogP contribution in [0.1, 0.15) is 12.8 Å². The molecule has 2 atom stereocenters. The number of aliphatic hydroxyl groups excluding tert-OH is 1. The van der Waals surface area contributed by atoms with Crippen LogP contribution < -0.4 is 5.32 Å². The highest BCUT2D eigenvalue weighted by atomic mass is 16.6. The van der Waals surface area contributed by atoms with E-state index in [1.54, 1.807) is 0 Å². The van der Waals surface area contributed by atoms with Crippen LogP contribution in [0.5, 0.6) is 0 Å². The molecule has 0 bridgehead atoms. The topological polar surface area (TPSA) is 67.8 Å². The monoisotopic (exact) mass is 187 g/mol. The van der Waals surface area contributed by atoms with Crippen molar-refractivity contribution in [3.8, 4) is 0 Å².